The van der Waals surface area contributed by atoms with Gasteiger partial charge in [-0.2, -0.15) is 0 Å². The minimum Gasteiger partial charge on any atom is -0.545 e. The number of aromatic carboxylic acids is 2. The molecule has 0 aliphatic heterocycles. The molecule has 2 aromatic carbocycles. The molecule has 0 amide bonds. The Labute approximate surface area is 141 Å². The number of unbranched alkanes of at least 4 members (excludes halogenated alkanes) is 2. The predicted molar refractivity (Wildman–Crippen MR) is 87.6 cm³/mol. The van der Waals surface area contributed by atoms with E-state index in [1.54, 1.807) is 6.07 Å². The van der Waals surface area contributed by atoms with Crippen molar-refractivity contribution in [2.45, 2.75) is 39.0 Å². The van der Waals surface area contributed by atoms with E-state index in [1.807, 2.05) is 30.3 Å². The fourth-order valence-electron chi connectivity index (χ4n) is 2.90. The number of aryl methyl sites for hydroxylation is 1. The van der Waals surface area contributed by atoms with Crippen LogP contribution >= 0.6 is 0 Å². The minimum atomic E-state index is -1.50. The maximum atomic E-state index is 11.6. The summed E-state index contributed by atoms with van der Waals surface area (Å²) in [6, 6.07) is 12.4. The van der Waals surface area contributed by atoms with Gasteiger partial charge in [-0.1, -0.05) is 62.2 Å². The molecule has 0 saturated heterocycles. The average molecular weight is 324 g/mol. The fraction of sp³-hybridized carbons (Fsp3) is 0.300. The van der Waals surface area contributed by atoms with Crippen molar-refractivity contribution in [1.82, 2.24) is 0 Å². The molecule has 0 aliphatic rings. The lowest BCUT2D eigenvalue weighted by molar-refractivity contribution is -0.259. The van der Waals surface area contributed by atoms with Crippen molar-refractivity contribution in [3.63, 3.8) is 0 Å². The Bertz CT molecular complexity index is 720. The molecule has 0 unspecified atom stereocenters. The first-order valence-electron chi connectivity index (χ1n) is 8.16. The van der Waals surface area contributed by atoms with Gasteiger partial charge in [0.05, 0.1) is 11.9 Å². The second kappa shape index (κ2) is 8.29. The summed E-state index contributed by atoms with van der Waals surface area (Å²) in [5.41, 5.74) is 1.72. The van der Waals surface area contributed by atoms with E-state index in [0.29, 0.717) is 18.4 Å². The van der Waals surface area contributed by atoms with Crippen LogP contribution in [0.15, 0.2) is 42.5 Å². The molecule has 0 heterocycles. The molecule has 0 bridgehead atoms. The molecule has 0 N–H and O–H groups in total. The summed E-state index contributed by atoms with van der Waals surface area (Å²) >= 11 is 0. The third-order valence-corrected chi connectivity index (χ3v) is 4.11. The number of carbonyl (C=O) groups excluding carboxylic acids is 2. The van der Waals surface area contributed by atoms with E-state index in [4.69, 9.17) is 0 Å². The lowest BCUT2D eigenvalue weighted by Crippen LogP contribution is -2.31. The van der Waals surface area contributed by atoms with Gasteiger partial charge in [0.25, 0.3) is 0 Å². The number of benzene rings is 2. The molecular weight excluding hydrogens is 304 g/mol. The van der Waals surface area contributed by atoms with Gasteiger partial charge in [0.2, 0.25) is 0 Å². The van der Waals surface area contributed by atoms with Gasteiger partial charge in [-0.05, 0) is 36.0 Å². The van der Waals surface area contributed by atoms with Crippen LogP contribution < -0.4 is 10.2 Å². The van der Waals surface area contributed by atoms with Gasteiger partial charge in [-0.25, -0.2) is 0 Å². The molecule has 4 nitrogen and oxygen atoms in total. The van der Waals surface area contributed by atoms with Crippen LogP contribution in [0.2, 0.25) is 0 Å². The second-order valence-electron chi connectivity index (χ2n) is 5.82. The molecule has 126 valence electrons. The van der Waals surface area contributed by atoms with Crippen LogP contribution in [0.3, 0.4) is 0 Å². The molecular formula is C20H20O4-2. The SMILES string of the molecule is CCCCCc1ccc(C(=O)[O-])c(C(=O)[O-])c1Cc1ccccc1. The first-order valence-corrected chi connectivity index (χ1v) is 8.16. The van der Waals surface area contributed by atoms with E-state index in [-0.39, 0.29) is 11.1 Å². The first kappa shape index (κ1) is 17.7. The number of rotatable bonds is 8. The Kier molecular flexibility index (Phi) is 6.13. The van der Waals surface area contributed by atoms with Gasteiger partial charge in [0.1, 0.15) is 0 Å². The van der Waals surface area contributed by atoms with Crippen LogP contribution in [0.1, 0.15) is 63.6 Å². The molecule has 0 atom stereocenters. The fourth-order valence-corrected chi connectivity index (χ4v) is 2.90. The van der Waals surface area contributed by atoms with E-state index in [9.17, 15) is 19.8 Å². The number of hydrogen-bond donors (Lipinski definition) is 0. The maximum absolute atomic E-state index is 11.6. The molecule has 2 aromatic rings. The van der Waals surface area contributed by atoms with Gasteiger partial charge in [-0.15, -0.1) is 0 Å². The highest BCUT2D eigenvalue weighted by Gasteiger charge is 2.15. The number of hydrogen-bond acceptors (Lipinski definition) is 4. The van der Waals surface area contributed by atoms with Gasteiger partial charge in [0.15, 0.2) is 0 Å². The van der Waals surface area contributed by atoms with Gasteiger partial charge in [0, 0.05) is 11.1 Å². The van der Waals surface area contributed by atoms with Crippen molar-refractivity contribution in [3.8, 4) is 0 Å². The lowest BCUT2D eigenvalue weighted by atomic mass is 9.89. The molecule has 0 radical (unpaired) electrons. The molecule has 0 aromatic heterocycles. The van der Waals surface area contributed by atoms with Crippen molar-refractivity contribution in [2.24, 2.45) is 0 Å². The molecule has 24 heavy (non-hydrogen) atoms. The Morgan fingerprint density at radius 1 is 0.917 bits per heavy atom. The lowest BCUT2D eigenvalue weighted by Gasteiger charge is -2.20. The smallest absolute Gasteiger partial charge is 0.0724 e. The van der Waals surface area contributed by atoms with Crippen LogP contribution in [0.4, 0.5) is 0 Å². The number of carboxylic acid groups (broad SMARTS) is 2. The maximum Gasteiger partial charge on any atom is 0.0724 e. The molecule has 2 rings (SSSR count). The summed E-state index contributed by atoms with van der Waals surface area (Å²) in [6.45, 7) is 2.09. The van der Waals surface area contributed by atoms with E-state index in [1.165, 1.54) is 6.07 Å². The molecule has 0 fully saturated rings. The van der Waals surface area contributed by atoms with E-state index >= 15 is 0 Å². The summed E-state index contributed by atoms with van der Waals surface area (Å²) in [4.78, 5) is 22.9. The Balaban J connectivity index is 2.52. The van der Waals surface area contributed by atoms with Gasteiger partial charge >= 0.3 is 0 Å². The quantitative estimate of drug-likeness (QED) is 0.693. The van der Waals surface area contributed by atoms with E-state index in [2.05, 4.69) is 6.92 Å². The molecule has 4 heteroatoms. The topological polar surface area (TPSA) is 80.3 Å². The third-order valence-electron chi connectivity index (χ3n) is 4.11. The van der Waals surface area contributed by atoms with Crippen molar-refractivity contribution >= 4 is 11.9 Å². The number of carbonyl (C=O) groups is 2. The number of carboxylic acids is 2. The zero-order valence-electron chi connectivity index (χ0n) is 13.7. The van der Waals surface area contributed by atoms with Crippen LogP contribution in [-0.2, 0) is 12.8 Å². The zero-order chi connectivity index (χ0) is 17.5. The highest BCUT2D eigenvalue weighted by Crippen LogP contribution is 2.24. The third kappa shape index (κ3) is 4.22. The first-order chi connectivity index (χ1) is 11.5. The highest BCUT2D eigenvalue weighted by molar-refractivity contribution is 6.01. The minimum absolute atomic E-state index is 0.257. The van der Waals surface area contributed by atoms with Gasteiger partial charge in [-0.3, -0.25) is 0 Å². The normalized spacial score (nSPS) is 10.5. The summed E-state index contributed by atoms with van der Waals surface area (Å²) in [5, 5.41) is 22.9. The largest absolute Gasteiger partial charge is 0.545 e. The van der Waals surface area contributed by atoms with Crippen LogP contribution in [-0.4, -0.2) is 11.9 Å². The Morgan fingerprint density at radius 3 is 2.21 bits per heavy atom. The summed E-state index contributed by atoms with van der Waals surface area (Å²) in [5.74, 6) is -2.97. The zero-order valence-corrected chi connectivity index (χ0v) is 13.7. The summed E-state index contributed by atoms with van der Waals surface area (Å²) in [6.07, 6.45) is 4.08. The molecule has 0 spiro atoms. The standard InChI is InChI=1S/C20H22O4/c1-2-3-5-10-15-11-12-16(19(21)22)18(20(23)24)17(15)13-14-8-6-4-7-9-14/h4,6-9,11-12H,2-3,5,10,13H2,1H3,(H,21,22)(H,23,24)/p-2. The van der Waals surface area contributed by atoms with Crippen molar-refractivity contribution in [3.05, 3.63) is 70.3 Å². The predicted octanol–water partition coefficient (Wildman–Crippen LogP) is 1.74. The van der Waals surface area contributed by atoms with Crippen LogP contribution in [0.25, 0.3) is 0 Å². The van der Waals surface area contributed by atoms with Gasteiger partial charge < -0.3 is 19.8 Å². The second-order valence-corrected chi connectivity index (χ2v) is 5.82. The Morgan fingerprint density at radius 2 is 1.62 bits per heavy atom. The average Bonchev–Trinajstić information content (AvgIpc) is 2.56. The van der Waals surface area contributed by atoms with Crippen molar-refractivity contribution < 1.29 is 19.8 Å². The Hall–Kier alpha value is -2.62. The summed E-state index contributed by atoms with van der Waals surface area (Å²) in [7, 11) is 0. The molecule has 0 saturated carbocycles. The van der Waals surface area contributed by atoms with Crippen molar-refractivity contribution in [2.75, 3.05) is 0 Å². The monoisotopic (exact) mass is 324 g/mol. The van der Waals surface area contributed by atoms with E-state index < -0.39 is 11.9 Å². The van der Waals surface area contributed by atoms with E-state index in [0.717, 1.165) is 30.4 Å². The highest BCUT2D eigenvalue weighted by atomic mass is 16.4. The molecule has 0 aliphatic carbocycles. The van der Waals surface area contributed by atoms with Crippen LogP contribution in [0.5, 0.6) is 0 Å². The van der Waals surface area contributed by atoms with Crippen LogP contribution in [0, 0.1) is 0 Å². The summed E-state index contributed by atoms with van der Waals surface area (Å²) < 4.78 is 0. The van der Waals surface area contributed by atoms with Crippen molar-refractivity contribution in [1.29, 1.82) is 0 Å².